The van der Waals surface area contributed by atoms with Crippen molar-refractivity contribution in [2.75, 3.05) is 7.11 Å². The van der Waals surface area contributed by atoms with Gasteiger partial charge in [-0.3, -0.25) is 4.79 Å². The Balaban J connectivity index is 2.95. The molecule has 0 radical (unpaired) electrons. The van der Waals surface area contributed by atoms with E-state index in [0.29, 0.717) is 4.85 Å². The minimum atomic E-state index is -1.15. The molecule has 0 aliphatic heterocycles. The summed E-state index contributed by atoms with van der Waals surface area (Å²) in [7, 11) is 1.38. The normalized spacial score (nSPS) is 11.9. The van der Waals surface area contributed by atoms with Gasteiger partial charge in [0, 0.05) is 12.1 Å². The molecule has 1 rings (SSSR count). The quantitative estimate of drug-likeness (QED) is 0.733. The van der Waals surface area contributed by atoms with E-state index in [9.17, 15) is 9.59 Å². The van der Waals surface area contributed by atoms with Crippen LogP contribution >= 0.6 is 0 Å². The first kappa shape index (κ1) is 12.0. The lowest BCUT2D eigenvalue weighted by Gasteiger charge is -2.12. The third-order valence-electron chi connectivity index (χ3n) is 1.83. The molecule has 0 amide bonds. The van der Waals surface area contributed by atoms with E-state index >= 15 is 0 Å². The van der Waals surface area contributed by atoms with Crippen LogP contribution in [0.4, 0.5) is 0 Å². The SMILES string of the molecule is CCC(On1nc(OC)ccc1=O)C(=O)O. The highest BCUT2D eigenvalue weighted by molar-refractivity contribution is 5.72. The first-order valence-electron chi connectivity index (χ1n) is 4.62. The smallest absolute Gasteiger partial charge is 0.347 e. The molecule has 7 heteroatoms. The highest BCUT2D eigenvalue weighted by Gasteiger charge is 2.18. The molecule has 16 heavy (non-hydrogen) atoms. The van der Waals surface area contributed by atoms with Crippen LogP contribution in [0.2, 0.25) is 0 Å². The molecule has 1 heterocycles. The molecule has 7 nitrogen and oxygen atoms in total. The number of ether oxygens (including phenoxy) is 1. The van der Waals surface area contributed by atoms with Crippen molar-refractivity contribution < 1.29 is 19.5 Å². The van der Waals surface area contributed by atoms with Gasteiger partial charge in [0.1, 0.15) is 0 Å². The maximum atomic E-state index is 11.3. The van der Waals surface area contributed by atoms with Crippen LogP contribution < -0.4 is 15.1 Å². The predicted molar refractivity (Wildman–Crippen MR) is 53.3 cm³/mol. The molecule has 0 spiro atoms. The fourth-order valence-electron chi connectivity index (χ4n) is 0.978. The monoisotopic (exact) mass is 228 g/mol. The molecular weight excluding hydrogens is 216 g/mol. The molecule has 0 aliphatic rings. The maximum Gasteiger partial charge on any atom is 0.347 e. The minimum Gasteiger partial charge on any atom is -0.480 e. The molecule has 1 N–H and O–H groups in total. The summed E-state index contributed by atoms with van der Waals surface area (Å²) in [6.07, 6.45) is -0.891. The van der Waals surface area contributed by atoms with Crippen molar-refractivity contribution in [1.29, 1.82) is 0 Å². The average molecular weight is 228 g/mol. The standard InChI is InChI=1S/C9H12N2O5/c1-3-6(9(13)14)16-11-8(12)5-4-7(10-11)15-2/h4-6H,3H2,1-2H3,(H,13,14). The van der Waals surface area contributed by atoms with E-state index in [1.54, 1.807) is 6.92 Å². The van der Waals surface area contributed by atoms with Crippen LogP contribution in [-0.2, 0) is 4.79 Å². The number of hydrogen-bond acceptors (Lipinski definition) is 5. The van der Waals surface area contributed by atoms with Gasteiger partial charge < -0.3 is 14.7 Å². The van der Waals surface area contributed by atoms with Gasteiger partial charge in [0.05, 0.1) is 7.11 Å². The van der Waals surface area contributed by atoms with Crippen LogP contribution in [0.15, 0.2) is 16.9 Å². The van der Waals surface area contributed by atoms with Crippen molar-refractivity contribution >= 4 is 5.97 Å². The summed E-state index contributed by atoms with van der Waals surface area (Å²) in [6, 6.07) is 2.55. The summed E-state index contributed by atoms with van der Waals surface area (Å²) >= 11 is 0. The molecule has 1 aromatic heterocycles. The van der Waals surface area contributed by atoms with Gasteiger partial charge in [-0.15, -0.1) is 0 Å². The fourth-order valence-corrected chi connectivity index (χ4v) is 0.978. The Morgan fingerprint density at radius 3 is 2.81 bits per heavy atom. The van der Waals surface area contributed by atoms with Crippen molar-refractivity contribution in [2.24, 2.45) is 0 Å². The van der Waals surface area contributed by atoms with Crippen molar-refractivity contribution in [3.05, 3.63) is 22.5 Å². The van der Waals surface area contributed by atoms with E-state index in [4.69, 9.17) is 14.7 Å². The fraction of sp³-hybridized carbons (Fsp3) is 0.444. The number of aromatic nitrogens is 2. The van der Waals surface area contributed by atoms with Crippen LogP contribution in [0.1, 0.15) is 13.3 Å². The van der Waals surface area contributed by atoms with Gasteiger partial charge in [0.2, 0.25) is 12.0 Å². The lowest BCUT2D eigenvalue weighted by Crippen LogP contribution is -2.39. The number of carboxylic acid groups (broad SMARTS) is 1. The first-order chi connectivity index (χ1) is 7.58. The third kappa shape index (κ3) is 2.72. The van der Waals surface area contributed by atoms with Crippen LogP contribution in [0.3, 0.4) is 0 Å². The van der Waals surface area contributed by atoms with Gasteiger partial charge in [-0.25, -0.2) is 4.79 Å². The number of carboxylic acids is 1. The highest BCUT2D eigenvalue weighted by atomic mass is 16.7. The summed E-state index contributed by atoms with van der Waals surface area (Å²) in [5.74, 6) is -0.987. The van der Waals surface area contributed by atoms with Crippen molar-refractivity contribution in [3.63, 3.8) is 0 Å². The number of hydrogen-bond donors (Lipinski definition) is 1. The lowest BCUT2D eigenvalue weighted by molar-refractivity contribution is -0.152. The van der Waals surface area contributed by atoms with Gasteiger partial charge in [0.25, 0.3) is 0 Å². The number of rotatable bonds is 5. The van der Waals surface area contributed by atoms with Crippen LogP contribution in [-0.4, -0.2) is 34.2 Å². The second-order valence-electron chi connectivity index (χ2n) is 2.93. The lowest BCUT2D eigenvalue weighted by atomic mass is 10.3. The van der Waals surface area contributed by atoms with Gasteiger partial charge in [-0.05, 0) is 6.42 Å². The number of aliphatic carboxylic acids is 1. The number of carbonyl (C=O) groups is 1. The van der Waals surface area contributed by atoms with E-state index < -0.39 is 17.6 Å². The van der Waals surface area contributed by atoms with Crippen molar-refractivity contribution in [3.8, 4) is 5.88 Å². The first-order valence-corrected chi connectivity index (χ1v) is 4.62. The van der Waals surface area contributed by atoms with Crippen molar-refractivity contribution in [1.82, 2.24) is 9.94 Å². The van der Waals surface area contributed by atoms with Crippen molar-refractivity contribution in [2.45, 2.75) is 19.4 Å². The maximum absolute atomic E-state index is 11.3. The summed E-state index contributed by atoms with van der Waals surface area (Å²) < 4.78 is 4.79. The van der Waals surface area contributed by atoms with E-state index in [0.717, 1.165) is 0 Å². The van der Waals surface area contributed by atoms with Gasteiger partial charge >= 0.3 is 11.5 Å². The largest absolute Gasteiger partial charge is 0.480 e. The average Bonchev–Trinajstić information content (AvgIpc) is 2.27. The van der Waals surface area contributed by atoms with E-state index in [1.165, 1.54) is 19.2 Å². The topological polar surface area (TPSA) is 90.7 Å². The Morgan fingerprint density at radius 1 is 1.62 bits per heavy atom. The molecule has 1 unspecified atom stereocenters. The zero-order valence-corrected chi connectivity index (χ0v) is 8.91. The second-order valence-corrected chi connectivity index (χ2v) is 2.93. The second kappa shape index (κ2) is 5.15. The van der Waals surface area contributed by atoms with Gasteiger partial charge in [-0.1, -0.05) is 16.9 Å². The van der Waals surface area contributed by atoms with E-state index in [2.05, 4.69) is 5.10 Å². The Kier molecular flexibility index (Phi) is 3.87. The van der Waals surface area contributed by atoms with Gasteiger partial charge in [0.15, 0.2) is 0 Å². The summed E-state index contributed by atoms with van der Waals surface area (Å²) in [6.45, 7) is 1.63. The Labute approximate surface area is 91.2 Å². The minimum absolute atomic E-state index is 0.167. The Hall–Kier alpha value is -2.05. The van der Waals surface area contributed by atoms with Crippen LogP contribution in [0, 0.1) is 0 Å². The molecule has 1 aromatic rings. The molecule has 0 saturated heterocycles. The molecule has 0 bridgehead atoms. The molecular formula is C9H12N2O5. The molecule has 0 fully saturated rings. The molecule has 1 atom stereocenters. The zero-order chi connectivity index (χ0) is 12.1. The number of methoxy groups -OCH3 is 1. The predicted octanol–water partition coefficient (Wildman–Crippen LogP) is -0.456. The third-order valence-corrected chi connectivity index (χ3v) is 1.83. The van der Waals surface area contributed by atoms with E-state index in [1.807, 2.05) is 0 Å². The Bertz CT molecular complexity index is 428. The molecule has 0 saturated carbocycles. The van der Waals surface area contributed by atoms with Gasteiger partial charge in [-0.2, -0.15) is 0 Å². The highest BCUT2D eigenvalue weighted by Crippen LogP contribution is 1.99. The zero-order valence-electron chi connectivity index (χ0n) is 8.91. The molecule has 88 valence electrons. The van der Waals surface area contributed by atoms with Crippen LogP contribution in [0.5, 0.6) is 5.88 Å². The summed E-state index contributed by atoms with van der Waals surface area (Å²) in [4.78, 5) is 27.5. The molecule has 0 aromatic carbocycles. The summed E-state index contributed by atoms with van der Waals surface area (Å²) in [5, 5.41) is 12.4. The van der Waals surface area contributed by atoms with Crippen LogP contribution in [0.25, 0.3) is 0 Å². The Morgan fingerprint density at radius 2 is 2.31 bits per heavy atom. The molecule has 0 aliphatic carbocycles. The number of nitrogens with zero attached hydrogens (tertiary/aromatic N) is 2. The summed E-state index contributed by atoms with van der Waals surface area (Å²) in [5.41, 5.74) is -0.555. The van der Waals surface area contributed by atoms with E-state index in [-0.39, 0.29) is 12.3 Å².